The van der Waals surface area contributed by atoms with Crippen LogP contribution >= 0.6 is 0 Å². The molecule has 8 heteroatoms. The van der Waals surface area contributed by atoms with Gasteiger partial charge in [-0.2, -0.15) is 0 Å². The highest BCUT2D eigenvalue weighted by Gasteiger charge is 2.54. The van der Waals surface area contributed by atoms with E-state index in [2.05, 4.69) is 152 Å². The van der Waals surface area contributed by atoms with Gasteiger partial charge in [-0.1, -0.05) is 177 Å². The van der Waals surface area contributed by atoms with Gasteiger partial charge in [-0.05, 0) is 116 Å². The van der Waals surface area contributed by atoms with E-state index in [9.17, 15) is 0 Å². The van der Waals surface area contributed by atoms with Crippen LogP contribution in [0.4, 0.5) is 51.7 Å². The maximum atomic E-state index is 15.8. The second kappa shape index (κ2) is 17.3. The van der Waals surface area contributed by atoms with E-state index < -0.39 is 34.1 Å². The molecule has 2 aromatic heterocycles. The monoisotopic (exact) mass is 1060 g/mol. The smallest absolute Gasteiger partial charge is 0.159 e. The highest BCUT2D eigenvalue weighted by Crippen LogP contribution is 2.64. The van der Waals surface area contributed by atoms with E-state index in [-0.39, 0.29) is 22.2 Å². The molecule has 2 aliphatic rings. The molecule has 4 nitrogen and oxygen atoms in total. The van der Waals surface area contributed by atoms with Gasteiger partial charge < -0.3 is 18.6 Å². The highest BCUT2D eigenvalue weighted by atomic mass is 19.1. The molecule has 0 fully saturated rings. The number of nitrogens with zero attached hydrogens (tertiary/aromatic N) is 2. The summed E-state index contributed by atoms with van der Waals surface area (Å²) in [7, 11) is 0. The Hall–Kier alpha value is -8.88. The van der Waals surface area contributed by atoms with Gasteiger partial charge in [0.2, 0.25) is 0 Å². The zero-order valence-corrected chi connectivity index (χ0v) is 45.7. The number of furan rings is 2. The van der Waals surface area contributed by atoms with E-state index in [0.29, 0.717) is 33.9 Å². The zero-order chi connectivity index (χ0) is 55.4. The Labute approximate surface area is 462 Å². The van der Waals surface area contributed by atoms with Gasteiger partial charge in [-0.15, -0.1) is 0 Å². The molecule has 14 rings (SSSR count). The molecule has 0 bridgehead atoms. The lowest BCUT2D eigenvalue weighted by atomic mass is 9.55. The van der Waals surface area contributed by atoms with E-state index in [1.165, 1.54) is 24.3 Å². The summed E-state index contributed by atoms with van der Waals surface area (Å²) in [6.07, 6.45) is 0. The SMILES string of the molecule is CC(C)(C)c1cccc2c1oc1c(N(c3cc(F)cc(F)c3)c3ccc4c(c3)C3(c5cc(N(c6cc(F)cc(F)c6)c6cccc7c6oc6c(C(C)(C)C)cccc67)ccc5-4)c4ccccc4C(C)(C)c4ccccc43)cccc12. The first kappa shape index (κ1) is 49.4. The van der Waals surface area contributed by atoms with E-state index in [0.717, 1.165) is 100 Å². The molecule has 0 N–H and O–H groups in total. The molecule has 0 amide bonds. The number of anilines is 6. The van der Waals surface area contributed by atoms with E-state index in [1.54, 1.807) is 0 Å². The minimum Gasteiger partial charge on any atom is -0.454 e. The van der Waals surface area contributed by atoms with Gasteiger partial charge in [-0.25, -0.2) is 17.6 Å². The lowest BCUT2D eigenvalue weighted by molar-refractivity contribution is 0.563. The van der Waals surface area contributed by atoms with Crippen LogP contribution in [0.3, 0.4) is 0 Å². The van der Waals surface area contributed by atoms with Gasteiger partial charge >= 0.3 is 0 Å². The molecule has 2 aliphatic carbocycles. The molecule has 12 aromatic rings. The van der Waals surface area contributed by atoms with Crippen LogP contribution in [0.1, 0.15) is 99.9 Å². The summed E-state index contributed by atoms with van der Waals surface area (Å²) < 4.78 is 77.3. The molecule has 80 heavy (non-hydrogen) atoms. The van der Waals surface area contributed by atoms with Crippen LogP contribution in [0.15, 0.2) is 203 Å². The minimum absolute atomic E-state index is 0.245. The summed E-state index contributed by atoms with van der Waals surface area (Å²) in [6.45, 7) is 17.5. The Morgan fingerprint density at radius 3 is 1.06 bits per heavy atom. The molecule has 10 aromatic carbocycles. The van der Waals surface area contributed by atoms with Crippen molar-refractivity contribution in [1.29, 1.82) is 0 Å². The van der Waals surface area contributed by atoms with E-state index in [1.807, 2.05) is 70.5 Å². The predicted molar refractivity (Wildman–Crippen MR) is 317 cm³/mol. The Morgan fingerprint density at radius 2 is 0.688 bits per heavy atom. The number of rotatable bonds is 6. The number of halogens is 4. The fraction of sp³-hybridized carbons (Fsp3) is 0.167. The maximum absolute atomic E-state index is 15.8. The summed E-state index contributed by atoms with van der Waals surface area (Å²) in [5, 5.41) is 3.63. The van der Waals surface area contributed by atoms with Crippen LogP contribution in [-0.2, 0) is 21.7 Å². The zero-order valence-electron chi connectivity index (χ0n) is 45.7. The molecular weight excluding hydrogens is 1000 g/mol. The largest absolute Gasteiger partial charge is 0.454 e. The third kappa shape index (κ3) is 7.20. The van der Waals surface area contributed by atoms with Crippen molar-refractivity contribution in [3.8, 4) is 11.1 Å². The van der Waals surface area contributed by atoms with Crippen LogP contribution in [0, 0.1) is 23.3 Å². The van der Waals surface area contributed by atoms with Crippen molar-refractivity contribution in [1.82, 2.24) is 0 Å². The Bertz CT molecular complexity index is 4240. The molecule has 1 spiro atoms. The van der Waals surface area contributed by atoms with Crippen LogP contribution in [0.5, 0.6) is 0 Å². The van der Waals surface area contributed by atoms with Crippen molar-refractivity contribution in [2.45, 2.75) is 77.0 Å². The van der Waals surface area contributed by atoms with Gasteiger partial charge in [-0.3, -0.25) is 0 Å². The quantitative estimate of drug-likeness (QED) is 0.155. The van der Waals surface area contributed by atoms with E-state index >= 15 is 17.6 Å². The Morgan fingerprint density at radius 1 is 0.338 bits per heavy atom. The molecule has 0 radical (unpaired) electrons. The first-order valence-corrected chi connectivity index (χ1v) is 27.2. The molecule has 0 aliphatic heterocycles. The average molecular weight is 1060 g/mol. The number of hydrogen-bond donors (Lipinski definition) is 0. The second-order valence-electron chi connectivity index (χ2n) is 24.2. The molecule has 0 saturated heterocycles. The minimum atomic E-state index is -1.02. The molecule has 0 unspecified atom stereocenters. The fourth-order valence-electron chi connectivity index (χ4n) is 13.5. The van der Waals surface area contributed by atoms with E-state index in [4.69, 9.17) is 8.83 Å². The number of fused-ring (bicyclic) bond motifs is 15. The topological polar surface area (TPSA) is 32.8 Å². The molecular formula is C72H56F4N2O2. The first-order valence-electron chi connectivity index (χ1n) is 27.2. The average Bonchev–Trinajstić information content (AvgIpc) is 4.21. The molecule has 0 saturated carbocycles. The first-order chi connectivity index (χ1) is 38.3. The van der Waals surface area contributed by atoms with Crippen molar-refractivity contribution >= 4 is 78.0 Å². The standard InChI is InChI=1S/C72H56F4N2O2/c1-69(2,3)59-25-13-17-51-53-19-15-27-63(67(53)79-65(51)59)77(47-35-41(73)33-42(74)36-47)45-29-31-49-50-32-30-46(40-62(50)72(61(49)39-45)57-23-11-9-21-55(57)71(7,8)56-22-10-12-24-58(56)72)78(48-37-43(75)34-44(76)38-48)64-28-16-20-54-52-18-14-26-60(70(4,5)6)66(52)80-68(54)64/h9-40H,1-8H3. The van der Waals surface area contributed by atoms with Crippen LogP contribution in [0.25, 0.3) is 55.0 Å². The molecule has 394 valence electrons. The van der Waals surface area contributed by atoms with Crippen LogP contribution < -0.4 is 9.80 Å². The number of hydrogen-bond acceptors (Lipinski definition) is 4. The van der Waals surface area contributed by atoms with Gasteiger partial charge in [0, 0.05) is 61.6 Å². The Balaban J connectivity index is 1.06. The normalized spacial score (nSPS) is 14.2. The number of benzene rings is 10. The molecule has 2 heterocycles. The van der Waals surface area contributed by atoms with Crippen molar-refractivity contribution < 1.29 is 26.4 Å². The lowest BCUT2D eigenvalue weighted by Gasteiger charge is -2.47. The van der Waals surface area contributed by atoms with Gasteiger partial charge in [0.1, 0.15) is 34.4 Å². The summed E-state index contributed by atoms with van der Waals surface area (Å²) >= 11 is 0. The highest BCUT2D eigenvalue weighted by molar-refractivity contribution is 6.13. The van der Waals surface area contributed by atoms with Crippen molar-refractivity contribution in [3.63, 3.8) is 0 Å². The van der Waals surface area contributed by atoms with Crippen molar-refractivity contribution in [3.05, 3.63) is 262 Å². The van der Waals surface area contributed by atoms with Gasteiger partial charge in [0.25, 0.3) is 0 Å². The maximum Gasteiger partial charge on any atom is 0.159 e. The Kier molecular flexibility index (Phi) is 10.7. The third-order valence-electron chi connectivity index (χ3n) is 16.9. The van der Waals surface area contributed by atoms with Gasteiger partial charge in [0.15, 0.2) is 11.2 Å². The number of para-hydroxylation sites is 4. The summed E-state index contributed by atoms with van der Waals surface area (Å²) in [6, 6.07) is 61.3. The van der Waals surface area contributed by atoms with Crippen molar-refractivity contribution in [2.24, 2.45) is 0 Å². The van der Waals surface area contributed by atoms with Gasteiger partial charge in [0.05, 0.1) is 28.2 Å². The van der Waals surface area contributed by atoms with Crippen molar-refractivity contribution in [2.75, 3.05) is 9.80 Å². The third-order valence-corrected chi connectivity index (χ3v) is 16.9. The van der Waals surface area contributed by atoms with Crippen LogP contribution in [0.2, 0.25) is 0 Å². The summed E-state index contributed by atoms with van der Waals surface area (Å²) in [5.74, 6) is -2.88. The molecule has 0 atom stereocenters. The van der Waals surface area contributed by atoms with Crippen LogP contribution in [-0.4, -0.2) is 0 Å². The second-order valence-corrected chi connectivity index (χ2v) is 24.2. The lowest BCUT2D eigenvalue weighted by Crippen LogP contribution is -2.40. The summed E-state index contributed by atoms with van der Waals surface area (Å²) in [5.41, 5.74) is 14.0. The summed E-state index contributed by atoms with van der Waals surface area (Å²) in [4.78, 5) is 3.81. The predicted octanol–water partition coefficient (Wildman–Crippen LogP) is 20.6. The fourth-order valence-corrected chi connectivity index (χ4v) is 13.5.